The molecule has 1 fully saturated rings. The Labute approximate surface area is 183 Å². The molecule has 4 aromatic rings. The molecule has 3 aromatic heterocycles. The summed E-state index contributed by atoms with van der Waals surface area (Å²) in [5.74, 6) is 0.490. The number of ether oxygens (including phenoxy) is 1. The van der Waals surface area contributed by atoms with Crippen LogP contribution in [0.3, 0.4) is 0 Å². The van der Waals surface area contributed by atoms with Crippen LogP contribution in [-0.4, -0.2) is 46.7 Å². The number of amides is 1. The summed E-state index contributed by atoms with van der Waals surface area (Å²) < 4.78 is 13.0. The number of furan rings is 1. The van der Waals surface area contributed by atoms with Gasteiger partial charge < -0.3 is 18.6 Å². The van der Waals surface area contributed by atoms with Gasteiger partial charge in [0, 0.05) is 37.6 Å². The number of benzene rings is 1. The quantitative estimate of drug-likeness (QED) is 0.497. The van der Waals surface area contributed by atoms with E-state index < -0.39 is 0 Å². The van der Waals surface area contributed by atoms with Crippen molar-refractivity contribution < 1.29 is 13.9 Å². The predicted molar refractivity (Wildman–Crippen MR) is 119 cm³/mol. The highest BCUT2D eigenvalue weighted by Gasteiger charge is 2.23. The lowest BCUT2D eigenvalue weighted by molar-refractivity contribution is 0.102. The first-order valence-electron chi connectivity index (χ1n) is 10.00. The standard InChI is InChI=1S/C22H21N5O3S/c28-20(17-5-3-16(4-6-17)14-26-8-7-23-15-26)25-22-24-19(18-2-1-11-30-18)21(31-22)27-9-12-29-13-10-27/h1-8,11,15H,9-10,12-14H2,(H,24,25,28). The monoisotopic (exact) mass is 435 g/mol. The zero-order valence-corrected chi connectivity index (χ0v) is 17.5. The van der Waals surface area contributed by atoms with Crippen LogP contribution in [0, 0.1) is 0 Å². The van der Waals surface area contributed by atoms with Crippen molar-refractivity contribution in [3.05, 3.63) is 72.5 Å². The SMILES string of the molecule is O=C(Nc1nc(-c2ccco2)c(N2CCOCC2)s1)c1ccc(Cn2ccnc2)cc1. The molecular formula is C22H21N5O3S. The largest absolute Gasteiger partial charge is 0.463 e. The fourth-order valence-electron chi connectivity index (χ4n) is 3.44. The molecule has 1 aromatic carbocycles. The summed E-state index contributed by atoms with van der Waals surface area (Å²) in [7, 11) is 0. The minimum Gasteiger partial charge on any atom is -0.463 e. The first-order valence-corrected chi connectivity index (χ1v) is 10.8. The molecule has 0 unspecified atom stereocenters. The van der Waals surface area contributed by atoms with Gasteiger partial charge in [-0.15, -0.1) is 0 Å². The van der Waals surface area contributed by atoms with E-state index in [2.05, 4.69) is 20.2 Å². The van der Waals surface area contributed by atoms with Crippen molar-refractivity contribution in [2.75, 3.05) is 36.5 Å². The maximum absolute atomic E-state index is 12.8. The smallest absolute Gasteiger partial charge is 0.257 e. The Morgan fingerprint density at radius 2 is 2.00 bits per heavy atom. The molecule has 1 aliphatic rings. The van der Waals surface area contributed by atoms with Gasteiger partial charge >= 0.3 is 0 Å². The predicted octanol–water partition coefficient (Wildman–Crippen LogP) is 3.74. The molecule has 1 N–H and O–H groups in total. The molecular weight excluding hydrogens is 414 g/mol. The maximum atomic E-state index is 12.8. The van der Waals surface area contributed by atoms with Gasteiger partial charge in [-0.1, -0.05) is 23.5 Å². The Hall–Kier alpha value is -3.43. The van der Waals surface area contributed by atoms with Crippen molar-refractivity contribution in [2.45, 2.75) is 6.54 Å². The number of carbonyl (C=O) groups excluding carboxylic acids is 1. The van der Waals surface area contributed by atoms with Crippen LogP contribution in [0.25, 0.3) is 11.5 Å². The molecule has 0 radical (unpaired) electrons. The van der Waals surface area contributed by atoms with Crippen LogP contribution in [0.1, 0.15) is 15.9 Å². The van der Waals surface area contributed by atoms with E-state index in [4.69, 9.17) is 9.15 Å². The van der Waals surface area contributed by atoms with E-state index in [0.29, 0.717) is 36.2 Å². The molecule has 0 bridgehead atoms. The minimum atomic E-state index is -0.192. The van der Waals surface area contributed by atoms with Crippen molar-refractivity contribution in [1.82, 2.24) is 14.5 Å². The Balaban J connectivity index is 1.33. The molecule has 1 aliphatic heterocycles. The Kier molecular flexibility index (Phi) is 5.51. The van der Waals surface area contributed by atoms with E-state index in [0.717, 1.165) is 29.3 Å². The maximum Gasteiger partial charge on any atom is 0.257 e. The lowest BCUT2D eigenvalue weighted by Crippen LogP contribution is -2.35. The summed E-state index contributed by atoms with van der Waals surface area (Å²) in [5, 5.41) is 4.46. The van der Waals surface area contributed by atoms with E-state index in [1.807, 2.05) is 47.2 Å². The van der Waals surface area contributed by atoms with E-state index >= 15 is 0 Å². The summed E-state index contributed by atoms with van der Waals surface area (Å²) >= 11 is 1.45. The molecule has 0 saturated carbocycles. The van der Waals surface area contributed by atoms with Gasteiger partial charge in [-0.05, 0) is 29.8 Å². The van der Waals surface area contributed by atoms with Crippen molar-refractivity contribution >= 4 is 27.4 Å². The summed E-state index contributed by atoms with van der Waals surface area (Å²) in [6.45, 7) is 3.61. The van der Waals surface area contributed by atoms with E-state index in [1.165, 1.54) is 11.3 Å². The van der Waals surface area contributed by atoms with Gasteiger partial charge in [-0.25, -0.2) is 9.97 Å². The molecule has 158 valence electrons. The van der Waals surface area contributed by atoms with Crippen LogP contribution in [0.4, 0.5) is 10.1 Å². The van der Waals surface area contributed by atoms with Gasteiger partial charge in [-0.2, -0.15) is 0 Å². The average Bonchev–Trinajstić information content (AvgIpc) is 3.57. The second-order valence-corrected chi connectivity index (χ2v) is 8.11. The number of imidazole rings is 1. The Morgan fingerprint density at radius 3 is 2.71 bits per heavy atom. The number of nitrogens with zero attached hydrogens (tertiary/aromatic N) is 4. The minimum absolute atomic E-state index is 0.192. The lowest BCUT2D eigenvalue weighted by Gasteiger charge is -2.27. The topological polar surface area (TPSA) is 85.4 Å². The van der Waals surface area contributed by atoms with Gasteiger partial charge in [0.2, 0.25) is 0 Å². The Morgan fingerprint density at radius 1 is 1.16 bits per heavy atom. The van der Waals surface area contributed by atoms with Crippen molar-refractivity contribution in [1.29, 1.82) is 0 Å². The van der Waals surface area contributed by atoms with Crippen molar-refractivity contribution in [2.24, 2.45) is 0 Å². The zero-order chi connectivity index (χ0) is 21.0. The highest BCUT2D eigenvalue weighted by atomic mass is 32.1. The van der Waals surface area contributed by atoms with Gasteiger partial charge in [0.05, 0.1) is 25.8 Å². The van der Waals surface area contributed by atoms with Crippen LogP contribution in [0.2, 0.25) is 0 Å². The number of rotatable bonds is 6. The number of carbonyl (C=O) groups is 1. The van der Waals surface area contributed by atoms with Gasteiger partial charge in [0.1, 0.15) is 10.7 Å². The highest BCUT2D eigenvalue weighted by molar-refractivity contribution is 7.20. The fourth-order valence-corrected chi connectivity index (χ4v) is 4.46. The van der Waals surface area contributed by atoms with Crippen molar-refractivity contribution in [3.8, 4) is 11.5 Å². The zero-order valence-electron chi connectivity index (χ0n) is 16.7. The molecule has 1 amide bonds. The molecule has 0 spiro atoms. The third-order valence-electron chi connectivity index (χ3n) is 5.02. The molecule has 1 saturated heterocycles. The number of nitrogens with one attached hydrogen (secondary N) is 1. The molecule has 0 atom stereocenters. The second-order valence-electron chi connectivity index (χ2n) is 7.14. The first-order chi connectivity index (χ1) is 15.3. The number of hydrogen-bond donors (Lipinski definition) is 1. The van der Waals surface area contributed by atoms with E-state index in [-0.39, 0.29) is 5.91 Å². The third-order valence-corrected chi connectivity index (χ3v) is 6.05. The number of aromatic nitrogens is 3. The van der Waals surface area contributed by atoms with E-state index in [1.54, 1.807) is 18.8 Å². The number of anilines is 2. The third kappa shape index (κ3) is 4.37. The van der Waals surface area contributed by atoms with Crippen LogP contribution in [0.15, 0.2) is 65.8 Å². The summed E-state index contributed by atoms with van der Waals surface area (Å²) in [4.78, 5) is 23.7. The normalized spacial score (nSPS) is 14.0. The molecule has 4 heterocycles. The van der Waals surface area contributed by atoms with Crippen LogP contribution in [0.5, 0.6) is 0 Å². The van der Waals surface area contributed by atoms with Gasteiger partial charge in [-0.3, -0.25) is 10.1 Å². The highest BCUT2D eigenvalue weighted by Crippen LogP contribution is 2.39. The van der Waals surface area contributed by atoms with Crippen LogP contribution < -0.4 is 10.2 Å². The van der Waals surface area contributed by atoms with Gasteiger partial charge in [0.25, 0.3) is 5.91 Å². The number of thiazole rings is 1. The molecule has 0 aliphatic carbocycles. The first kappa shape index (κ1) is 19.5. The summed E-state index contributed by atoms with van der Waals surface area (Å²) in [6.07, 6.45) is 7.05. The Bertz CT molecular complexity index is 1130. The summed E-state index contributed by atoms with van der Waals surface area (Å²) in [5.41, 5.74) is 2.42. The molecule has 31 heavy (non-hydrogen) atoms. The summed E-state index contributed by atoms with van der Waals surface area (Å²) in [6, 6.07) is 11.3. The lowest BCUT2D eigenvalue weighted by atomic mass is 10.1. The van der Waals surface area contributed by atoms with Crippen LogP contribution in [-0.2, 0) is 11.3 Å². The van der Waals surface area contributed by atoms with Gasteiger partial charge in [0.15, 0.2) is 10.9 Å². The second kappa shape index (κ2) is 8.75. The fraction of sp³-hybridized carbons (Fsp3) is 0.227. The number of morpholine rings is 1. The molecule has 5 rings (SSSR count). The molecule has 8 nitrogen and oxygen atoms in total. The van der Waals surface area contributed by atoms with Crippen LogP contribution >= 0.6 is 11.3 Å². The van der Waals surface area contributed by atoms with Crippen molar-refractivity contribution in [3.63, 3.8) is 0 Å². The van der Waals surface area contributed by atoms with E-state index in [9.17, 15) is 4.79 Å². The molecule has 9 heteroatoms. The average molecular weight is 436 g/mol. The number of hydrogen-bond acceptors (Lipinski definition) is 7.